The average molecular weight is 479 g/mol. The maximum atomic E-state index is 4.54. The van der Waals surface area contributed by atoms with E-state index in [1.165, 1.54) is 25.7 Å². The van der Waals surface area contributed by atoms with Gasteiger partial charge in [0, 0.05) is 20.6 Å². The molecule has 2 fully saturated rings. The predicted octanol–water partition coefficient (Wildman–Crippen LogP) is 4.14. The zero-order chi connectivity index (χ0) is 17.9. The van der Waals surface area contributed by atoms with E-state index in [4.69, 9.17) is 0 Å². The molecule has 6 heteroatoms. The molecule has 2 saturated carbocycles. The van der Waals surface area contributed by atoms with Crippen LogP contribution >= 0.6 is 24.0 Å². The van der Waals surface area contributed by atoms with Crippen LogP contribution < -0.4 is 5.32 Å². The van der Waals surface area contributed by atoms with Gasteiger partial charge < -0.3 is 15.2 Å². The molecule has 2 N–H and O–H groups in total. The standard InChI is InChI=1S/C21H29N5.HI/c1-22-21(24-12-18(15-8-9-15)16-10-11-16)26(2)14-20-23-13-19(25-20)17-6-4-3-5-7-17;/h3-7,13,15-16,18H,8-12,14H2,1-2H3,(H,22,24)(H,23,25);1H. The van der Waals surface area contributed by atoms with E-state index in [2.05, 4.69) is 44.4 Å². The Morgan fingerprint density at radius 3 is 2.48 bits per heavy atom. The van der Waals surface area contributed by atoms with Gasteiger partial charge in [0.2, 0.25) is 0 Å². The van der Waals surface area contributed by atoms with Gasteiger partial charge in [-0.1, -0.05) is 30.3 Å². The monoisotopic (exact) mass is 479 g/mol. The number of hydrogen-bond acceptors (Lipinski definition) is 2. The van der Waals surface area contributed by atoms with Gasteiger partial charge in [0.05, 0.1) is 18.4 Å². The highest BCUT2D eigenvalue weighted by molar-refractivity contribution is 14.0. The van der Waals surface area contributed by atoms with E-state index in [-0.39, 0.29) is 24.0 Å². The van der Waals surface area contributed by atoms with Gasteiger partial charge in [-0.2, -0.15) is 0 Å². The minimum Gasteiger partial charge on any atom is -0.356 e. The van der Waals surface area contributed by atoms with E-state index in [9.17, 15) is 0 Å². The summed E-state index contributed by atoms with van der Waals surface area (Å²) in [6, 6.07) is 10.3. The van der Waals surface area contributed by atoms with Gasteiger partial charge in [0.15, 0.2) is 5.96 Å². The van der Waals surface area contributed by atoms with Crippen LogP contribution in [0.4, 0.5) is 0 Å². The zero-order valence-corrected chi connectivity index (χ0v) is 18.5. The molecule has 2 aliphatic carbocycles. The van der Waals surface area contributed by atoms with Crippen LogP contribution in [0.25, 0.3) is 11.3 Å². The fourth-order valence-electron chi connectivity index (χ4n) is 3.87. The summed E-state index contributed by atoms with van der Waals surface area (Å²) in [5.41, 5.74) is 2.22. The van der Waals surface area contributed by atoms with Gasteiger partial charge in [0.25, 0.3) is 0 Å². The molecule has 0 amide bonds. The first-order valence-electron chi connectivity index (χ1n) is 9.75. The molecule has 0 saturated heterocycles. The van der Waals surface area contributed by atoms with Crippen molar-refractivity contribution in [2.75, 3.05) is 20.6 Å². The number of hydrogen-bond donors (Lipinski definition) is 2. The van der Waals surface area contributed by atoms with Crippen molar-refractivity contribution in [2.24, 2.45) is 22.7 Å². The highest BCUT2D eigenvalue weighted by Crippen LogP contribution is 2.48. The molecular weight excluding hydrogens is 449 g/mol. The number of rotatable bonds is 7. The summed E-state index contributed by atoms with van der Waals surface area (Å²) in [5.74, 6) is 4.66. The van der Waals surface area contributed by atoms with Crippen molar-refractivity contribution in [1.82, 2.24) is 20.2 Å². The number of aromatic nitrogens is 2. The van der Waals surface area contributed by atoms with Crippen LogP contribution in [0.1, 0.15) is 31.5 Å². The van der Waals surface area contributed by atoms with Crippen LogP contribution in [0.2, 0.25) is 0 Å². The van der Waals surface area contributed by atoms with Crippen LogP contribution in [-0.4, -0.2) is 41.5 Å². The van der Waals surface area contributed by atoms with Crippen molar-refractivity contribution < 1.29 is 0 Å². The van der Waals surface area contributed by atoms with Crippen LogP contribution in [0, 0.1) is 17.8 Å². The first-order valence-corrected chi connectivity index (χ1v) is 9.75. The van der Waals surface area contributed by atoms with Crippen molar-refractivity contribution in [1.29, 1.82) is 0 Å². The molecular formula is C21H30IN5. The maximum Gasteiger partial charge on any atom is 0.193 e. The molecule has 2 aromatic rings. The Morgan fingerprint density at radius 1 is 1.22 bits per heavy atom. The highest BCUT2D eigenvalue weighted by atomic mass is 127. The number of H-pyrrole nitrogens is 1. The first-order chi connectivity index (χ1) is 12.7. The minimum absolute atomic E-state index is 0. The first kappa shape index (κ1) is 20.2. The lowest BCUT2D eigenvalue weighted by Gasteiger charge is -2.24. The van der Waals surface area contributed by atoms with E-state index in [0.717, 1.165) is 47.3 Å². The Hall–Kier alpha value is -1.57. The second kappa shape index (κ2) is 9.08. The number of guanidine groups is 1. The zero-order valence-electron chi connectivity index (χ0n) is 16.2. The SMILES string of the molecule is CN=C(NCC(C1CC1)C1CC1)N(C)Cc1ncc(-c2ccccc2)[nH]1.I. The van der Waals surface area contributed by atoms with E-state index in [1.54, 1.807) is 0 Å². The molecule has 0 atom stereocenters. The topological polar surface area (TPSA) is 56.3 Å². The van der Waals surface area contributed by atoms with Crippen LogP contribution in [0.3, 0.4) is 0 Å². The molecule has 27 heavy (non-hydrogen) atoms. The van der Waals surface area contributed by atoms with Gasteiger partial charge in [-0.05, 0) is 49.0 Å². The van der Waals surface area contributed by atoms with Crippen molar-refractivity contribution in [3.8, 4) is 11.3 Å². The Labute approximate surface area is 179 Å². The Kier molecular flexibility index (Phi) is 6.78. The number of aromatic amines is 1. The second-order valence-corrected chi connectivity index (χ2v) is 7.73. The smallest absolute Gasteiger partial charge is 0.193 e. The Bertz CT molecular complexity index is 737. The number of halogens is 1. The molecule has 146 valence electrons. The molecule has 0 aliphatic heterocycles. The lowest BCUT2D eigenvalue weighted by atomic mass is 9.98. The van der Waals surface area contributed by atoms with Crippen LogP contribution in [-0.2, 0) is 6.54 Å². The molecule has 1 aromatic heterocycles. The third-order valence-corrected chi connectivity index (χ3v) is 5.62. The van der Waals surface area contributed by atoms with Gasteiger partial charge in [-0.25, -0.2) is 4.98 Å². The number of nitrogens with zero attached hydrogens (tertiary/aromatic N) is 3. The van der Waals surface area contributed by atoms with Gasteiger partial charge in [-0.15, -0.1) is 24.0 Å². The molecule has 1 heterocycles. The van der Waals surface area contributed by atoms with Crippen LogP contribution in [0.5, 0.6) is 0 Å². The van der Waals surface area contributed by atoms with Gasteiger partial charge in [-0.3, -0.25) is 4.99 Å². The number of nitrogens with one attached hydrogen (secondary N) is 2. The summed E-state index contributed by atoms with van der Waals surface area (Å²) in [5, 5.41) is 3.60. The predicted molar refractivity (Wildman–Crippen MR) is 121 cm³/mol. The minimum atomic E-state index is 0. The average Bonchev–Trinajstić information content (AvgIpc) is 3.59. The fraction of sp³-hybridized carbons (Fsp3) is 0.524. The lowest BCUT2D eigenvalue weighted by molar-refractivity contribution is 0.386. The van der Waals surface area contributed by atoms with Crippen molar-refractivity contribution in [3.63, 3.8) is 0 Å². The summed E-state index contributed by atoms with van der Waals surface area (Å²) in [6.45, 7) is 1.77. The largest absolute Gasteiger partial charge is 0.356 e. The van der Waals surface area contributed by atoms with Crippen molar-refractivity contribution >= 4 is 29.9 Å². The maximum absolute atomic E-state index is 4.54. The molecule has 0 bridgehead atoms. The summed E-state index contributed by atoms with van der Waals surface area (Å²) < 4.78 is 0. The van der Waals surface area contributed by atoms with Crippen molar-refractivity contribution in [3.05, 3.63) is 42.4 Å². The third-order valence-electron chi connectivity index (χ3n) is 5.62. The van der Waals surface area contributed by atoms with Crippen LogP contribution in [0.15, 0.2) is 41.5 Å². The van der Waals surface area contributed by atoms with Crippen molar-refractivity contribution in [2.45, 2.75) is 32.2 Å². The van der Waals surface area contributed by atoms with E-state index in [1.807, 2.05) is 31.4 Å². The van der Waals surface area contributed by atoms with E-state index in [0.29, 0.717) is 6.54 Å². The Balaban J connectivity index is 0.00000210. The molecule has 5 nitrogen and oxygen atoms in total. The highest BCUT2D eigenvalue weighted by Gasteiger charge is 2.41. The summed E-state index contributed by atoms with van der Waals surface area (Å²) >= 11 is 0. The third kappa shape index (κ3) is 5.24. The fourth-order valence-corrected chi connectivity index (χ4v) is 3.87. The summed E-state index contributed by atoms with van der Waals surface area (Å²) in [6.07, 6.45) is 7.60. The molecule has 2 aliphatic rings. The normalized spacial score (nSPS) is 16.9. The summed E-state index contributed by atoms with van der Waals surface area (Å²) in [4.78, 5) is 14.6. The quantitative estimate of drug-likeness (QED) is 0.357. The second-order valence-electron chi connectivity index (χ2n) is 7.73. The van der Waals surface area contributed by atoms with E-state index < -0.39 is 0 Å². The molecule has 1 aromatic carbocycles. The summed E-state index contributed by atoms with van der Waals surface area (Å²) in [7, 11) is 3.93. The number of benzene rings is 1. The molecule has 0 spiro atoms. The van der Waals surface area contributed by atoms with E-state index >= 15 is 0 Å². The molecule has 0 radical (unpaired) electrons. The lowest BCUT2D eigenvalue weighted by Crippen LogP contribution is -2.41. The Morgan fingerprint density at radius 2 is 1.89 bits per heavy atom. The van der Waals surface area contributed by atoms with Gasteiger partial charge in [0.1, 0.15) is 5.82 Å². The van der Waals surface area contributed by atoms with Gasteiger partial charge >= 0.3 is 0 Å². The molecule has 0 unspecified atom stereocenters. The molecule has 4 rings (SSSR count). The number of aliphatic imine (C=N–C) groups is 1. The number of imidazole rings is 1.